The van der Waals surface area contributed by atoms with Gasteiger partial charge < -0.3 is 10.1 Å². The van der Waals surface area contributed by atoms with Crippen LogP contribution in [0.2, 0.25) is 0 Å². The van der Waals surface area contributed by atoms with Crippen LogP contribution < -0.4 is 10.1 Å². The van der Waals surface area contributed by atoms with Crippen LogP contribution in [-0.4, -0.2) is 37.8 Å². The van der Waals surface area contributed by atoms with E-state index < -0.39 is 10.0 Å². The Bertz CT molecular complexity index is 1000. The smallest absolute Gasteiger partial charge is 0.242 e. The van der Waals surface area contributed by atoms with Gasteiger partial charge in [-0.2, -0.15) is 0 Å². The van der Waals surface area contributed by atoms with Gasteiger partial charge in [0.15, 0.2) is 0 Å². The first-order chi connectivity index (χ1) is 14.1. The Kier molecular flexibility index (Phi) is 6.53. The van der Waals surface area contributed by atoms with Gasteiger partial charge >= 0.3 is 0 Å². The van der Waals surface area contributed by atoms with Crippen LogP contribution in [0.25, 0.3) is 0 Å². The molecule has 0 spiro atoms. The number of hydrogen-bond donors (Lipinski definition) is 1. The first-order valence-electron chi connectivity index (χ1n) is 10.2. The molecule has 1 amide bonds. The van der Waals surface area contributed by atoms with E-state index in [2.05, 4.69) is 5.32 Å². The largest absolute Gasteiger partial charge is 0.487 e. The Hall–Kier alpha value is -2.38. The molecule has 0 aromatic heterocycles. The van der Waals surface area contributed by atoms with Crippen LogP contribution in [0.3, 0.4) is 0 Å². The second kappa shape index (κ2) is 8.78. The zero-order chi connectivity index (χ0) is 21.9. The second-order valence-electron chi connectivity index (χ2n) is 8.47. The zero-order valence-corrected chi connectivity index (χ0v) is 18.8. The lowest BCUT2D eigenvalue weighted by atomic mass is 9.89. The van der Waals surface area contributed by atoms with E-state index in [-0.39, 0.29) is 35.4 Å². The van der Waals surface area contributed by atoms with Crippen LogP contribution in [0.15, 0.2) is 53.4 Å². The van der Waals surface area contributed by atoms with Gasteiger partial charge in [-0.1, -0.05) is 30.3 Å². The minimum Gasteiger partial charge on any atom is -0.487 e. The SMILES string of the molecule is Cc1ccc2c(c1)OC(C)(C)C[C@H]2NC(=O)CCCN(C)S(=O)(=O)c1ccccc1. The number of amides is 1. The van der Waals surface area contributed by atoms with E-state index in [9.17, 15) is 13.2 Å². The van der Waals surface area contributed by atoms with Gasteiger partial charge in [0.1, 0.15) is 11.4 Å². The predicted molar refractivity (Wildman–Crippen MR) is 117 cm³/mol. The maximum atomic E-state index is 12.6. The molecule has 0 unspecified atom stereocenters. The molecule has 0 fully saturated rings. The summed E-state index contributed by atoms with van der Waals surface area (Å²) in [5.41, 5.74) is 1.72. The number of ether oxygens (including phenoxy) is 1. The molecule has 0 radical (unpaired) electrons. The minimum absolute atomic E-state index is 0.0882. The highest BCUT2D eigenvalue weighted by Gasteiger charge is 2.34. The van der Waals surface area contributed by atoms with Crippen molar-refractivity contribution in [1.82, 2.24) is 9.62 Å². The lowest BCUT2D eigenvalue weighted by molar-refractivity contribution is -0.122. The molecule has 1 aliphatic heterocycles. The number of nitrogens with zero attached hydrogens (tertiary/aromatic N) is 1. The Labute approximate surface area is 179 Å². The number of benzene rings is 2. The third kappa shape index (κ3) is 5.21. The van der Waals surface area contributed by atoms with Crippen LogP contribution in [0.4, 0.5) is 0 Å². The minimum atomic E-state index is -3.54. The van der Waals surface area contributed by atoms with Gasteiger partial charge in [-0.3, -0.25) is 4.79 Å². The summed E-state index contributed by atoms with van der Waals surface area (Å²) in [7, 11) is -2.00. The number of hydrogen-bond acceptors (Lipinski definition) is 4. The van der Waals surface area contributed by atoms with Crippen molar-refractivity contribution >= 4 is 15.9 Å². The molecule has 0 bridgehead atoms. The fourth-order valence-electron chi connectivity index (χ4n) is 3.71. The molecule has 1 heterocycles. The van der Waals surface area contributed by atoms with Gasteiger partial charge in [-0.05, 0) is 51.0 Å². The molecule has 1 N–H and O–H groups in total. The molecule has 0 aliphatic carbocycles. The molecule has 0 saturated heterocycles. The fraction of sp³-hybridized carbons (Fsp3) is 0.435. The van der Waals surface area contributed by atoms with Crippen LogP contribution in [0.1, 0.15) is 50.3 Å². The lowest BCUT2D eigenvalue weighted by Crippen LogP contribution is -2.41. The molecule has 1 atom stereocenters. The van der Waals surface area contributed by atoms with Crippen molar-refractivity contribution in [3.05, 3.63) is 59.7 Å². The first kappa shape index (κ1) is 22.3. The highest BCUT2D eigenvalue weighted by atomic mass is 32.2. The summed E-state index contributed by atoms with van der Waals surface area (Å²) < 4.78 is 32.5. The zero-order valence-electron chi connectivity index (χ0n) is 18.0. The molecule has 162 valence electrons. The average Bonchev–Trinajstić information content (AvgIpc) is 2.67. The van der Waals surface area contributed by atoms with E-state index in [1.165, 1.54) is 4.31 Å². The van der Waals surface area contributed by atoms with E-state index in [1.54, 1.807) is 37.4 Å². The van der Waals surface area contributed by atoms with Crippen molar-refractivity contribution in [1.29, 1.82) is 0 Å². The van der Waals surface area contributed by atoms with Gasteiger partial charge in [-0.25, -0.2) is 12.7 Å². The topological polar surface area (TPSA) is 75.7 Å². The Morgan fingerprint density at radius 2 is 1.90 bits per heavy atom. The second-order valence-corrected chi connectivity index (χ2v) is 10.5. The number of aryl methyl sites for hydroxylation is 1. The van der Waals surface area contributed by atoms with Crippen molar-refractivity contribution in [2.24, 2.45) is 0 Å². The number of nitrogens with one attached hydrogen (secondary N) is 1. The van der Waals surface area contributed by atoms with Crippen LogP contribution in [-0.2, 0) is 14.8 Å². The number of fused-ring (bicyclic) bond motifs is 1. The molecular formula is C23H30N2O4S. The average molecular weight is 431 g/mol. The van der Waals surface area contributed by atoms with Crippen molar-refractivity contribution in [2.45, 2.75) is 56.6 Å². The van der Waals surface area contributed by atoms with E-state index in [0.717, 1.165) is 16.9 Å². The molecule has 30 heavy (non-hydrogen) atoms. The highest BCUT2D eigenvalue weighted by Crippen LogP contribution is 2.39. The van der Waals surface area contributed by atoms with E-state index in [4.69, 9.17) is 4.74 Å². The van der Waals surface area contributed by atoms with Gasteiger partial charge in [0.25, 0.3) is 0 Å². The molecule has 2 aromatic carbocycles. The maximum absolute atomic E-state index is 12.6. The summed E-state index contributed by atoms with van der Waals surface area (Å²) in [6, 6.07) is 14.2. The van der Waals surface area contributed by atoms with E-state index in [1.807, 2.05) is 39.0 Å². The van der Waals surface area contributed by atoms with Gasteiger partial charge in [0, 0.05) is 32.0 Å². The van der Waals surface area contributed by atoms with Gasteiger partial charge in [-0.15, -0.1) is 0 Å². The third-order valence-electron chi connectivity index (χ3n) is 5.29. The van der Waals surface area contributed by atoms with Gasteiger partial charge in [0.05, 0.1) is 10.9 Å². The summed E-state index contributed by atoms with van der Waals surface area (Å²) in [5.74, 6) is 0.722. The Morgan fingerprint density at radius 3 is 2.60 bits per heavy atom. The number of carbonyl (C=O) groups is 1. The van der Waals surface area contributed by atoms with Crippen LogP contribution in [0.5, 0.6) is 5.75 Å². The predicted octanol–water partition coefficient (Wildman–Crippen LogP) is 3.81. The lowest BCUT2D eigenvalue weighted by Gasteiger charge is -2.38. The molecule has 1 aliphatic rings. The van der Waals surface area contributed by atoms with Crippen LogP contribution in [0, 0.1) is 6.92 Å². The third-order valence-corrected chi connectivity index (χ3v) is 7.16. The highest BCUT2D eigenvalue weighted by molar-refractivity contribution is 7.89. The Morgan fingerprint density at radius 1 is 1.20 bits per heavy atom. The monoisotopic (exact) mass is 430 g/mol. The summed E-state index contributed by atoms with van der Waals surface area (Å²) in [6.07, 6.45) is 1.38. The summed E-state index contributed by atoms with van der Waals surface area (Å²) in [6.45, 7) is 6.32. The number of rotatable bonds is 7. The van der Waals surface area contributed by atoms with Crippen molar-refractivity contribution < 1.29 is 17.9 Å². The summed E-state index contributed by atoms with van der Waals surface area (Å²) >= 11 is 0. The molecule has 7 heteroatoms. The standard InChI is InChI=1S/C23H30N2O4S/c1-17-12-13-19-20(16-23(2,3)29-21(19)15-17)24-22(26)11-8-14-25(4)30(27,28)18-9-6-5-7-10-18/h5-7,9-10,12-13,15,20H,8,11,14,16H2,1-4H3,(H,24,26)/t20-/m1/s1. The van der Waals surface area contributed by atoms with Gasteiger partial charge in [0.2, 0.25) is 15.9 Å². The van der Waals surface area contributed by atoms with Crippen molar-refractivity contribution in [3.8, 4) is 5.75 Å². The number of carbonyl (C=O) groups excluding carboxylic acids is 1. The van der Waals surface area contributed by atoms with E-state index in [0.29, 0.717) is 12.8 Å². The molecule has 0 saturated carbocycles. The Balaban J connectivity index is 1.58. The molecule has 6 nitrogen and oxygen atoms in total. The van der Waals surface area contributed by atoms with Crippen molar-refractivity contribution in [2.75, 3.05) is 13.6 Å². The quantitative estimate of drug-likeness (QED) is 0.725. The first-order valence-corrected chi connectivity index (χ1v) is 11.6. The number of sulfonamides is 1. The summed E-state index contributed by atoms with van der Waals surface area (Å²) in [5, 5.41) is 3.11. The summed E-state index contributed by atoms with van der Waals surface area (Å²) in [4.78, 5) is 12.8. The van der Waals surface area contributed by atoms with Crippen molar-refractivity contribution in [3.63, 3.8) is 0 Å². The molecule has 2 aromatic rings. The fourth-order valence-corrected chi connectivity index (χ4v) is 4.94. The molecule has 3 rings (SSSR count). The normalized spacial score (nSPS) is 17.8. The maximum Gasteiger partial charge on any atom is 0.242 e. The van der Waals surface area contributed by atoms with Crippen LogP contribution >= 0.6 is 0 Å². The van der Waals surface area contributed by atoms with E-state index >= 15 is 0 Å². The molecular weight excluding hydrogens is 400 g/mol.